The van der Waals surface area contributed by atoms with E-state index in [9.17, 15) is 0 Å². The Hall–Kier alpha value is -1.45. The molecule has 2 aromatic rings. The van der Waals surface area contributed by atoms with Crippen LogP contribution in [0.2, 0.25) is 0 Å². The molecule has 0 amide bonds. The lowest BCUT2D eigenvalue weighted by Crippen LogP contribution is -2.18. The molecule has 0 aromatic heterocycles. The fraction of sp³-hybridized carbons (Fsp3) is 0.250. The minimum absolute atomic E-state index is 0.596. The van der Waals surface area contributed by atoms with Crippen LogP contribution in [-0.4, -0.2) is 6.26 Å². The number of thioether (sulfide) groups is 1. The summed E-state index contributed by atoms with van der Waals surface area (Å²) >= 11 is 1.77. The van der Waals surface area contributed by atoms with Crippen molar-refractivity contribution in [1.29, 1.82) is 0 Å². The van der Waals surface area contributed by atoms with E-state index in [0.717, 1.165) is 13.1 Å². The lowest BCUT2D eigenvalue weighted by molar-refractivity contribution is 0.857. The van der Waals surface area contributed by atoms with Gasteiger partial charge in [-0.1, -0.05) is 30.3 Å². The highest BCUT2D eigenvalue weighted by Crippen LogP contribution is 2.34. The maximum atomic E-state index is 5.96. The van der Waals surface area contributed by atoms with Crippen molar-refractivity contribution < 1.29 is 0 Å². The molecule has 2 nitrogen and oxygen atoms in total. The largest absolute Gasteiger partial charge is 0.363 e. The Labute approximate surface area is 118 Å². The first-order valence-corrected chi connectivity index (χ1v) is 7.73. The van der Waals surface area contributed by atoms with Crippen LogP contribution in [0.1, 0.15) is 16.7 Å². The summed E-state index contributed by atoms with van der Waals surface area (Å²) in [4.78, 5) is 3.71. The SMILES string of the molecule is CSc1cccc(N2Cc3ccccc3C2)c1CN. The highest BCUT2D eigenvalue weighted by Gasteiger charge is 2.21. The normalized spacial score (nSPS) is 13.7. The number of rotatable bonds is 3. The van der Waals surface area contributed by atoms with Crippen LogP contribution < -0.4 is 10.6 Å². The van der Waals surface area contributed by atoms with E-state index >= 15 is 0 Å². The molecule has 2 aromatic carbocycles. The maximum Gasteiger partial charge on any atom is 0.0436 e. The van der Waals surface area contributed by atoms with Crippen molar-refractivity contribution in [3.05, 3.63) is 59.2 Å². The van der Waals surface area contributed by atoms with Crippen LogP contribution in [-0.2, 0) is 19.6 Å². The number of nitrogens with two attached hydrogens (primary N) is 1. The lowest BCUT2D eigenvalue weighted by Gasteiger charge is -2.22. The van der Waals surface area contributed by atoms with Gasteiger partial charge in [0.25, 0.3) is 0 Å². The fourth-order valence-electron chi connectivity index (χ4n) is 2.75. The first-order valence-electron chi connectivity index (χ1n) is 6.51. The third-order valence-corrected chi connectivity index (χ3v) is 4.54. The van der Waals surface area contributed by atoms with Gasteiger partial charge in [0, 0.05) is 35.8 Å². The number of hydrogen-bond acceptors (Lipinski definition) is 3. The molecule has 0 unspecified atom stereocenters. The van der Waals surface area contributed by atoms with E-state index in [1.807, 2.05) is 0 Å². The molecule has 2 N–H and O–H groups in total. The van der Waals surface area contributed by atoms with Crippen molar-refractivity contribution >= 4 is 17.4 Å². The minimum Gasteiger partial charge on any atom is -0.363 e. The molecule has 0 saturated heterocycles. The first kappa shape index (κ1) is 12.6. The van der Waals surface area contributed by atoms with Crippen LogP contribution >= 0.6 is 11.8 Å². The van der Waals surface area contributed by atoms with Gasteiger partial charge in [0.1, 0.15) is 0 Å². The van der Waals surface area contributed by atoms with Gasteiger partial charge < -0.3 is 10.6 Å². The second-order valence-electron chi connectivity index (χ2n) is 4.79. The van der Waals surface area contributed by atoms with Gasteiger partial charge in [0.15, 0.2) is 0 Å². The molecule has 0 atom stereocenters. The highest BCUT2D eigenvalue weighted by atomic mass is 32.2. The zero-order valence-corrected chi connectivity index (χ0v) is 11.9. The quantitative estimate of drug-likeness (QED) is 0.867. The molecule has 98 valence electrons. The Morgan fingerprint density at radius 3 is 2.32 bits per heavy atom. The molecule has 1 aliphatic heterocycles. The average Bonchev–Trinajstić information content (AvgIpc) is 2.89. The predicted octanol–water partition coefficient (Wildman–Crippen LogP) is 3.39. The predicted molar refractivity (Wildman–Crippen MR) is 82.4 cm³/mol. The van der Waals surface area contributed by atoms with E-state index in [1.54, 1.807) is 11.8 Å². The molecule has 0 fully saturated rings. The summed E-state index contributed by atoms with van der Waals surface area (Å²) in [6.45, 7) is 2.57. The van der Waals surface area contributed by atoms with Gasteiger partial charge in [-0.2, -0.15) is 0 Å². The smallest absolute Gasteiger partial charge is 0.0436 e. The van der Waals surface area contributed by atoms with E-state index in [2.05, 4.69) is 53.6 Å². The molecule has 1 aliphatic rings. The zero-order valence-electron chi connectivity index (χ0n) is 11.1. The zero-order chi connectivity index (χ0) is 13.2. The number of benzene rings is 2. The molecular formula is C16H18N2S. The van der Waals surface area contributed by atoms with E-state index in [0.29, 0.717) is 6.54 Å². The summed E-state index contributed by atoms with van der Waals surface area (Å²) < 4.78 is 0. The Bertz CT molecular complexity index is 570. The topological polar surface area (TPSA) is 29.3 Å². The Morgan fingerprint density at radius 1 is 1.05 bits per heavy atom. The first-order chi connectivity index (χ1) is 9.33. The summed E-state index contributed by atoms with van der Waals surface area (Å²) in [5.74, 6) is 0. The van der Waals surface area contributed by atoms with Gasteiger partial charge in [-0.15, -0.1) is 11.8 Å². The van der Waals surface area contributed by atoms with Gasteiger partial charge in [-0.05, 0) is 29.5 Å². The molecular weight excluding hydrogens is 252 g/mol. The standard InChI is InChI=1S/C16H18N2S/c1-19-16-8-4-7-15(14(16)9-17)18-10-12-5-2-3-6-13(12)11-18/h2-8H,9-11,17H2,1H3. The van der Waals surface area contributed by atoms with Crippen LogP contribution in [0.3, 0.4) is 0 Å². The Kier molecular flexibility index (Phi) is 3.49. The molecule has 0 radical (unpaired) electrons. The highest BCUT2D eigenvalue weighted by molar-refractivity contribution is 7.98. The van der Waals surface area contributed by atoms with Gasteiger partial charge in [-0.3, -0.25) is 0 Å². The maximum absolute atomic E-state index is 5.96. The van der Waals surface area contributed by atoms with Gasteiger partial charge >= 0.3 is 0 Å². The second-order valence-corrected chi connectivity index (χ2v) is 5.63. The van der Waals surface area contributed by atoms with Crippen molar-refractivity contribution in [2.75, 3.05) is 11.2 Å². The molecule has 19 heavy (non-hydrogen) atoms. The molecule has 0 spiro atoms. The Balaban J connectivity index is 1.97. The van der Waals surface area contributed by atoms with Crippen molar-refractivity contribution in [2.24, 2.45) is 5.73 Å². The molecule has 0 saturated carbocycles. The van der Waals surface area contributed by atoms with Crippen molar-refractivity contribution in [2.45, 2.75) is 24.5 Å². The van der Waals surface area contributed by atoms with Crippen LogP contribution in [0.15, 0.2) is 47.4 Å². The van der Waals surface area contributed by atoms with Crippen molar-refractivity contribution in [3.8, 4) is 0 Å². The fourth-order valence-corrected chi connectivity index (χ4v) is 3.40. The number of fused-ring (bicyclic) bond motifs is 1. The minimum atomic E-state index is 0.596. The van der Waals surface area contributed by atoms with Crippen LogP contribution in [0, 0.1) is 0 Å². The van der Waals surface area contributed by atoms with Crippen LogP contribution in [0.5, 0.6) is 0 Å². The summed E-state index contributed by atoms with van der Waals surface area (Å²) in [6.07, 6.45) is 2.11. The van der Waals surface area contributed by atoms with Crippen molar-refractivity contribution in [3.63, 3.8) is 0 Å². The number of nitrogens with zero attached hydrogens (tertiary/aromatic N) is 1. The molecule has 0 bridgehead atoms. The van der Waals surface area contributed by atoms with E-state index < -0.39 is 0 Å². The lowest BCUT2D eigenvalue weighted by atomic mass is 10.1. The van der Waals surface area contributed by atoms with E-state index in [-0.39, 0.29) is 0 Å². The van der Waals surface area contributed by atoms with Gasteiger partial charge in [-0.25, -0.2) is 0 Å². The van der Waals surface area contributed by atoms with E-state index in [1.165, 1.54) is 27.3 Å². The number of anilines is 1. The Morgan fingerprint density at radius 2 is 1.74 bits per heavy atom. The van der Waals surface area contributed by atoms with Gasteiger partial charge in [0.2, 0.25) is 0 Å². The summed E-state index contributed by atoms with van der Waals surface area (Å²) in [6, 6.07) is 15.1. The monoisotopic (exact) mass is 270 g/mol. The third-order valence-electron chi connectivity index (χ3n) is 3.71. The second kappa shape index (κ2) is 5.27. The molecule has 0 aliphatic carbocycles. The number of hydrogen-bond donors (Lipinski definition) is 1. The van der Waals surface area contributed by atoms with E-state index in [4.69, 9.17) is 5.73 Å². The van der Waals surface area contributed by atoms with Crippen molar-refractivity contribution in [1.82, 2.24) is 0 Å². The average molecular weight is 270 g/mol. The third kappa shape index (κ3) is 2.24. The van der Waals surface area contributed by atoms with Gasteiger partial charge in [0.05, 0.1) is 0 Å². The molecule has 1 heterocycles. The van der Waals surface area contributed by atoms with Crippen LogP contribution in [0.4, 0.5) is 5.69 Å². The molecule has 3 rings (SSSR count). The summed E-state index contributed by atoms with van der Waals surface area (Å²) in [7, 11) is 0. The summed E-state index contributed by atoms with van der Waals surface area (Å²) in [5.41, 5.74) is 11.4. The molecule has 3 heteroatoms. The summed E-state index contributed by atoms with van der Waals surface area (Å²) in [5, 5.41) is 0. The van der Waals surface area contributed by atoms with Crippen LogP contribution in [0.25, 0.3) is 0 Å².